The Morgan fingerprint density at radius 1 is 1.29 bits per heavy atom. The number of nitrogens with one attached hydrogen (secondary N) is 1. The van der Waals surface area contributed by atoms with Crippen LogP contribution in [0.15, 0.2) is 29.3 Å². The number of unbranched alkanes of at least 4 members (excludes halogenated alkanes) is 3. The molecule has 0 radical (unpaired) electrons. The highest BCUT2D eigenvalue weighted by atomic mass is 19.3. The van der Waals surface area contributed by atoms with Crippen molar-refractivity contribution < 1.29 is 13.5 Å². The van der Waals surface area contributed by atoms with Crippen LogP contribution in [0.25, 0.3) is 0 Å². The molecule has 1 aromatic carbocycles. The summed E-state index contributed by atoms with van der Waals surface area (Å²) in [6.07, 6.45) is 4.58. The van der Waals surface area contributed by atoms with Gasteiger partial charge >= 0.3 is 6.61 Å². The zero-order valence-corrected chi connectivity index (χ0v) is 12.3. The fourth-order valence-electron chi connectivity index (χ4n) is 1.84. The lowest BCUT2D eigenvalue weighted by molar-refractivity contribution is -0.0504. The zero-order chi connectivity index (χ0) is 15.5. The van der Waals surface area contributed by atoms with Gasteiger partial charge in [0.05, 0.1) is 6.54 Å². The molecule has 0 bridgehead atoms. The molecular weight excluding hydrogens is 276 g/mol. The van der Waals surface area contributed by atoms with E-state index in [1.54, 1.807) is 18.2 Å². The van der Waals surface area contributed by atoms with Crippen molar-refractivity contribution in [3.8, 4) is 5.75 Å². The van der Waals surface area contributed by atoms with Gasteiger partial charge in [0.25, 0.3) is 0 Å². The van der Waals surface area contributed by atoms with Gasteiger partial charge in [0.2, 0.25) is 0 Å². The van der Waals surface area contributed by atoms with Crippen molar-refractivity contribution in [1.29, 1.82) is 0 Å². The Morgan fingerprint density at radius 3 is 2.76 bits per heavy atom. The molecule has 0 heterocycles. The molecule has 0 aliphatic heterocycles. The van der Waals surface area contributed by atoms with Crippen LogP contribution in [0.2, 0.25) is 0 Å². The first-order chi connectivity index (χ1) is 10.1. The highest BCUT2D eigenvalue weighted by Gasteiger charge is 2.08. The third-order valence-electron chi connectivity index (χ3n) is 2.94. The number of para-hydroxylation sites is 1. The van der Waals surface area contributed by atoms with Crippen LogP contribution in [0.5, 0.6) is 5.75 Å². The Labute approximate surface area is 124 Å². The summed E-state index contributed by atoms with van der Waals surface area (Å²) in [6, 6.07) is 6.57. The molecular formula is C15H23F2N3O. The van der Waals surface area contributed by atoms with E-state index >= 15 is 0 Å². The van der Waals surface area contributed by atoms with Gasteiger partial charge in [-0.15, -0.1) is 0 Å². The fraction of sp³-hybridized carbons (Fsp3) is 0.533. The van der Waals surface area contributed by atoms with Gasteiger partial charge in [-0.2, -0.15) is 8.78 Å². The van der Waals surface area contributed by atoms with E-state index in [9.17, 15) is 8.78 Å². The van der Waals surface area contributed by atoms with Gasteiger partial charge in [-0.1, -0.05) is 44.4 Å². The number of nitrogens with two attached hydrogens (primary N) is 1. The summed E-state index contributed by atoms with van der Waals surface area (Å²) < 4.78 is 29.0. The maximum atomic E-state index is 12.3. The number of aliphatic imine (C=N–C) groups is 1. The van der Waals surface area contributed by atoms with Crippen LogP contribution in [0.3, 0.4) is 0 Å². The number of nitrogens with zero attached hydrogens (tertiary/aromatic N) is 1. The monoisotopic (exact) mass is 299 g/mol. The minimum atomic E-state index is -2.84. The Hall–Kier alpha value is -1.85. The molecule has 0 atom stereocenters. The molecule has 6 heteroatoms. The molecule has 0 fully saturated rings. The summed E-state index contributed by atoms with van der Waals surface area (Å²) in [5.74, 6) is 0.449. The Morgan fingerprint density at radius 2 is 2.05 bits per heavy atom. The van der Waals surface area contributed by atoms with Crippen LogP contribution in [-0.2, 0) is 6.54 Å². The number of alkyl halides is 2. The minimum absolute atomic E-state index is 0.131. The molecule has 0 aliphatic rings. The van der Waals surface area contributed by atoms with E-state index < -0.39 is 6.61 Å². The molecule has 4 nitrogen and oxygen atoms in total. The van der Waals surface area contributed by atoms with E-state index in [-0.39, 0.29) is 12.3 Å². The van der Waals surface area contributed by atoms with Crippen molar-refractivity contribution in [1.82, 2.24) is 5.32 Å². The first-order valence-corrected chi connectivity index (χ1v) is 7.20. The maximum absolute atomic E-state index is 12.3. The molecule has 0 aromatic heterocycles. The summed E-state index contributed by atoms with van der Waals surface area (Å²) in [7, 11) is 0. The number of benzene rings is 1. The van der Waals surface area contributed by atoms with Crippen LogP contribution in [0.4, 0.5) is 8.78 Å². The van der Waals surface area contributed by atoms with Crippen LogP contribution in [-0.4, -0.2) is 19.1 Å². The second-order valence-electron chi connectivity index (χ2n) is 4.68. The minimum Gasteiger partial charge on any atom is -0.434 e. The number of halogens is 2. The van der Waals surface area contributed by atoms with Crippen molar-refractivity contribution in [2.24, 2.45) is 10.7 Å². The Bertz CT molecular complexity index is 439. The molecule has 0 saturated heterocycles. The van der Waals surface area contributed by atoms with E-state index in [1.807, 2.05) is 0 Å². The molecule has 1 rings (SSSR count). The van der Waals surface area contributed by atoms with Gasteiger partial charge in [0.15, 0.2) is 5.96 Å². The smallest absolute Gasteiger partial charge is 0.387 e. The normalized spacial score (nSPS) is 11.7. The van der Waals surface area contributed by atoms with Gasteiger partial charge in [0, 0.05) is 12.1 Å². The average Bonchev–Trinajstić information content (AvgIpc) is 2.45. The second-order valence-corrected chi connectivity index (χ2v) is 4.68. The molecule has 118 valence electrons. The maximum Gasteiger partial charge on any atom is 0.387 e. The Kier molecular flexibility index (Phi) is 8.16. The van der Waals surface area contributed by atoms with E-state index in [2.05, 4.69) is 22.0 Å². The third-order valence-corrected chi connectivity index (χ3v) is 2.94. The topological polar surface area (TPSA) is 59.6 Å². The molecule has 0 spiro atoms. The average molecular weight is 299 g/mol. The van der Waals surface area contributed by atoms with Gasteiger partial charge in [0.1, 0.15) is 5.75 Å². The quantitative estimate of drug-likeness (QED) is 0.418. The largest absolute Gasteiger partial charge is 0.434 e. The van der Waals surface area contributed by atoms with Gasteiger partial charge in [-0.05, 0) is 12.5 Å². The molecule has 0 saturated carbocycles. The molecule has 21 heavy (non-hydrogen) atoms. The SMILES string of the molecule is CCCCCCNC(N)=NCc1ccccc1OC(F)F. The number of ether oxygens (including phenoxy) is 1. The number of guanidine groups is 1. The molecule has 0 amide bonds. The standard InChI is InChI=1S/C15H23F2N3O/c1-2-3-4-7-10-19-15(18)20-11-12-8-5-6-9-13(12)21-14(16)17/h5-6,8-9,14H,2-4,7,10-11H2,1H3,(H3,18,19,20). The highest BCUT2D eigenvalue weighted by Crippen LogP contribution is 2.20. The zero-order valence-electron chi connectivity index (χ0n) is 12.3. The molecule has 0 unspecified atom stereocenters. The lowest BCUT2D eigenvalue weighted by Gasteiger charge is -2.09. The van der Waals surface area contributed by atoms with Crippen LogP contribution in [0.1, 0.15) is 38.2 Å². The molecule has 1 aromatic rings. The van der Waals surface area contributed by atoms with Crippen LogP contribution >= 0.6 is 0 Å². The third kappa shape index (κ3) is 7.48. The van der Waals surface area contributed by atoms with Crippen molar-refractivity contribution in [2.45, 2.75) is 45.8 Å². The molecule has 3 N–H and O–H groups in total. The first kappa shape index (κ1) is 17.2. The molecule has 0 aliphatic carbocycles. The number of hydrogen-bond donors (Lipinski definition) is 2. The summed E-state index contributed by atoms with van der Waals surface area (Å²) >= 11 is 0. The number of hydrogen-bond acceptors (Lipinski definition) is 2. The second kappa shape index (κ2) is 9.96. The lowest BCUT2D eigenvalue weighted by Crippen LogP contribution is -2.32. The van der Waals surface area contributed by atoms with E-state index in [0.717, 1.165) is 19.4 Å². The summed E-state index contributed by atoms with van der Waals surface area (Å²) in [5, 5.41) is 3.01. The van der Waals surface area contributed by atoms with Gasteiger partial charge in [-0.25, -0.2) is 4.99 Å². The number of rotatable bonds is 9. The van der Waals surface area contributed by atoms with Crippen molar-refractivity contribution in [2.75, 3.05) is 6.54 Å². The summed E-state index contributed by atoms with van der Waals surface area (Å²) in [6.45, 7) is 0.285. The van der Waals surface area contributed by atoms with E-state index in [0.29, 0.717) is 11.5 Å². The van der Waals surface area contributed by atoms with Crippen LogP contribution < -0.4 is 15.8 Å². The van der Waals surface area contributed by atoms with Crippen molar-refractivity contribution in [3.05, 3.63) is 29.8 Å². The predicted octanol–water partition coefficient (Wildman–Crippen LogP) is 3.27. The van der Waals surface area contributed by atoms with Crippen molar-refractivity contribution in [3.63, 3.8) is 0 Å². The van der Waals surface area contributed by atoms with Crippen molar-refractivity contribution >= 4 is 5.96 Å². The van der Waals surface area contributed by atoms with Gasteiger partial charge < -0.3 is 15.8 Å². The highest BCUT2D eigenvalue weighted by molar-refractivity contribution is 5.77. The Balaban J connectivity index is 2.43. The van der Waals surface area contributed by atoms with Gasteiger partial charge in [-0.3, -0.25) is 0 Å². The lowest BCUT2D eigenvalue weighted by atomic mass is 10.2. The van der Waals surface area contributed by atoms with E-state index in [4.69, 9.17) is 5.73 Å². The predicted molar refractivity (Wildman–Crippen MR) is 80.5 cm³/mol. The van der Waals surface area contributed by atoms with E-state index in [1.165, 1.54) is 18.9 Å². The summed E-state index contributed by atoms with van der Waals surface area (Å²) in [4.78, 5) is 4.14. The van der Waals surface area contributed by atoms with Crippen LogP contribution in [0, 0.1) is 0 Å². The fourth-order valence-corrected chi connectivity index (χ4v) is 1.84. The first-order valence-electron chi connectivity index (χ1n) is 7.20. The summed E-state index contributed by atoms with van der Waals surface area (Å²) in [5.41, 5.74) is 6.31.